The second-order valence-corrected chi connectivity index (χ2v) is 3.48. The molecule has 9 heavy (non-hydrogen) atoms. The number of hydrogen-bond acceptors (Lipinski definition) is 4. The number of H-pyrrole nitrogens is 1. The van der Waals surface area contributed by atoms with Crippen LogP contribution < -0.4 is 0 Å². The predicted molar refractivity (Wildman–Crippen MR) is 33.0 cm³/mol. The first kappa shape index (κ1) is 6.72. The summed E-state index contributed by atoms with van der Waals surface area (Å²) in [6.07, 6.45) is 1.37. The fourth-order valence-corrected chi connectivity index (χ4v) is 1.30. The van der Waals surface area contributed by atoms with Gasteiger partial charge in [-0.3, -0.25) is 4.55 Å². The molecule has 0 fully saturated rings. The third-order valence-electron chi connectivity index (χ3n) is 0.550. The molecule has 50 valence electrons. The van der Waals surface area contributed by atoms with Gasteiger partial charge in [-0.1, -0.05) is 0 Å². The minimum atomic E-state index is -1.90. The Bertz CT molecular complexity index is 198. The van der Waals surface area contributed by atoms with Crippen molar-refractivity contribution in [2.24, 2.45) is 0 Å². The van der Waals surface area contributed by atoms with E-state index >= 15 is 0 Å². The molecular weight excluding hydrogens is 162 g/mol. The lowest BCUT2D eigenvalue weighted by Gasteiger charge is -1.82. The van der Waals surface area contributed by atoms with Crippen molar-refractivity contribution < 1.29 is 8.76 Å². The lowest BCUT2D eigenvalue weighted by atomic mass is 11.0. The van der Waals surface area contributed by atoms with Gasteiger partial charge in [0, 0.05) is 10.8 Å². The molecular formula is C2H3N3O2S2. The number of aromatic nitrogens is 3. The zero-order valence-corrected chi connectivity index (χ0v) is 5.78. The highest BCUT2D eigenvalue weighted by Gasteiger charge is 1.99. The maximum atomic E-state index is 10.1. The third kappa shape index (κ3) is 2.12. The van der Waals surface area contributed by atoms with Crippen molar-refractivity contribution in [2.45, 2.75) is 5.03 Å². The van der Waals surface area contributed by atoms with Crippen molar-refractivity contribution in [2.75, 3.05) is 0 Å². The molecule has 2 N–H and O–H groups in total. The first-order valence-electron chi connectivity index (χ1n) is 1.94. The minimum Gasteiger partial charge on any atom is -0.297 e. The molecule has 7 heteroatoms. The summed E-state index contributed by atoms with van der Waals surface area (Å²) in [6, 6.07) is 0. The smallest absolute Gasteiger partial charge is 0.222 e. The molecule has 1 unspecified atom stereocenters. The standard InChI is InChI=1S/C2H3N3O2S2/c6-9(7)8-2-1-3-5-4-2/h1H,(H,6,7)(H,3,4,5). The lowest BCUT2D eigenvalue weighted by molar-refractivity contribution is 0.581. The number of hydrogen-bond donors (Lipinski definition) is 2. The molecule has 0 aliphatic rings. The summed E-state index contributed by atoms with van der Waals surface area (Å²) < 4.78 is 18.3. The Labute approximate surface area is 56.9 Å². The molecule has 0 amide bonds. The van der Waals surface area contributed by atoms with E-state index in [1.807, 2.05) is 0 Å². The molecule has 1 aromatic heterocycles. The van der Waals surface area contributed by atoms with Crippen LogP contribution in [0.15, 0.2) is 11.2 Å². The van der Waals surface area contributed by atoms with Gasteiger partial charge in [0.25, 0.3) is 0 Å². The monoisotopic (exact) mass is 165 g/mol. The van der Waals surface area contributed by atoms with Gasteiger partial charge in [-0.2, -0.15) is 10.3 Å². The second-order valence-electron chi connectivity index (χ2n) is 1.11. The van der Waals surface area contributed by atoms with Gasteiger partial charge < -0.3 is 0 Å². The zero-order valence-electron chi connectivity index (χ0n) is 4.14. The highest BCUT2D eigenvalue weighted by atomic mass is 33.1. The Morgan fingerprint density at radius 3 is 3.11 bits per heavy atom. The van der Waals surface area contributed by atoms with Crippen molar-refractivity contribution in [3.8, 4) is 0 Å². The highest BCUT2D eigenvalue weighted by molar-refractivity contribution is 8.67. The van der Waals surface area contributed by atoms with Gasteiger partial charge in [0.2, 0.25) is 10.1 Å². The van der Waals surface area contributed by atoms with Crippen LogP contribution in [0.3, 0.4) is 0 Å². The molecule has 5 nitrogen and oxygen atoms in total. The van der Waals surface area contributed by atoms with E-state index in [9.17, 15) is 4.21 Å². The van der Waals surface area contributed by atoms with Crippen LogP contribution in [0, 0.1) is 0 Å². The van der Waals surface area contributed by atoms with Gasteiger partial charge in [0.15, 0.2) is 5.03 Å². The number of nitrogens with one attached hydrogen (secondary N) is 1. The molecule has 1 atom stereocenters. The van der Waals surface area contributed by atoms with Gasteiger partial charge in [0.1, 0.15) is 0 Å². The average molecular weight is 165 g/mol. The van der Waals surface area contributed by atoms with Crippen LogP contribution >= 0.6 is 10.8 Å². The van der Waals surface area contributed by atoms with E-state index in [1.165, 1.54) is 6.20 Å². The normalized spacial score (nSPS) is 13.4. The van der Waals surface area contributed by atoms with Crippen LogP contribution in [0.2, 0.25) is 0 Å². The fraction of sp³-hybridized carbons (Fsp3) is 0. The van der Waals surface area contributed by atoms with Crippen LogP contribution in [0.25, 0.3) is 0 Å². The Balaban J connectivity index is 2.58. The van der Waals surface area contributed by atoms with E-state index in [4.69, 9.17) is 4.55 Å². The molecule has 0 radical (unpaired) electrons. The maximum Gasteiger partial charge on any atom is 0.222 e. The van der Waals surface area contributed by atoms with Gasteiger partial charge in [-0.15, -0.1) is 5.10 Å². The summed E-state index contributed by atoms with van der Waals surface area (Å²) in [4.78, 5) is 0. The van der Waals surface area contributed by atoms with E-state index < -0.39 is 10.1 Å². The summed E-state index contributed by atoms with van der Waals surface area (Å²) >= 11 is 0. The van der Waals surface area contributed by atoms with E-state index in [0.29, 0.717) is 5.03 Å². The van der Waals surface area contributed by atoms with Gasteiger partial charge in [-0.25, -0.2) is 4.21 Å². The van der Waals surface area contributed by atoms with Gasteiger partial charge in [0.05, 0.1) is 6.20 Å². The van der Waals surface area contributed by atoms with Crippen molar-refractivity contribution in [1.82, 2.24) is 15.4 Å². The SMILES string of the molecule is O=S(O)Sc1cn[nH]n1. The molecule has 1 heterocycles. The third-order valence-corrected chi connectivity index (χ3v) is 2.00. The Morgan fingerprint density at radius 2 is 2.67 bits per heavy atom. The summed E-state index contributed by atoms with van der Waals surface area (Å²) in [6.45, 7) is 0. The second kappa shape index (κ2) is 2.95. The number of aromatic amines is 1. The fourth-order valence-electron chi connectivity index (χ4n) is 0.304. The molecule has 0 aromatic carbocycles. The molecule has 1 rings (SSSR count). The summed E-state index contributed by atoms with van der Waals surface area (Å²) in [5, 5.41) is 9.68. The molecule has 0 spiro atoms. The quantitative estimate of drug-likeness (QED) is 0.477. The van der Waals surface area contributed by atoms with Gasteiger partial charge >= 0.3 is 0 Å². The zero-order chi connectivity index (χ0) is 6.69. The van der Waals surface area contributed by atoms with E-state index in [2.05, 4.69) is 15.4 Å². The van der Waals surface area contributed by atoms with E-state index in [1.54, 1.807) is 0 Å². The van der Waals surface area contributed by atoms with Crippen molar-refractivity contribution in [3.05, 3.63) is 6.20 Å². The number of rotatable bonds is 2. The first-order chi connectivity index (χ1) is 4.29. The summed E-state index contributed by atoms with van der Waals surface area (Å²) in [7, 11) is -1.17. The van der Waals surface area contributed by atoms with Crippen LogP contribution in [-0.4, -0.2) is 24.2 Å². The molecule has 1 aromatic rings. The largest absolute Gasteiger partial charge is 0.297 e. The molecule has 0 bridgehead atoms. The van der Waals surface area contributed by atoms with Gasteiger partial charge in [-0.05, 0) is 0 Å². The topological polar surface area (TPSA) is 78.9 Å². The van der Waals surface area contributed by atoms with Crippen LogP contribution in [0.1, 0.15) is 0 Å². The molecule has 0 saturated heterocycles. The summed E-state index contributed by atoms with van der Waals surface area (Å²) in [5.41, 5.74) is 0. The van der Waals surface area contributed by atoms with Crippen molar-refractivity contribution in [3.63, 3.8) is 0 Å². The van der Waals surface area contributed by atoms with Crippen molar-refractivity contribution >= 4 is 20.9 Å². The molecule has 0 aliphatic carbocycles. The number of nitrogens with zero attached hydrogens (tertiary/aromatic N) is 2. The van der Waals surface area contributed by atoms with E-state index in [0.717, 1.165) is 10.8 Å². The summed E-state index contributed by atoms with van der Waals surface area (Å²) in [5.74, 6) is 0. The molecule has 0 aliphatic heterocycles. The minimum absolute atomic E-state index is 0.413. The maximum absolute atomic E-state index is 10.1. The van der Waals surface area contributed by atoms with Crippen LogP contribution in [0.5, 0.6) is 0 Å². The first-order valence-corrected chi connectivity index (χ1v) is 4.38. The highest BCUT2D eigenvalue weighted by Crippen LogP contribution is 2.14. The predicted octanol–water partition coefficient (Wildman–Crippen LogP) is 0.0335. The Hall–Kier alpha value is -0.400. The van der Waals surface area contributed by atoms with Crippen molar-refractivity contribution in [1.29, 1.82) is 0 Å². The molecule has 0 saturated carbocycles. The Kier molecular flexibility index (Phi) is 2.20. The van der Waals surface area contributed by atoms with Crippen LogP contribution in [-0.2, 0) is 10.1 Å². The van der Waals surface area contributed by atoms with E-state index in [-0.39, 0.29) is 0 Å². The lowest BCUT2D eigenvalue weighted by Crippen LogP contribution is -1.77. The Morgan fingerprint density at radius 1 is 1.89 bits per heavy atom. The van der Waals surface area contributed by atoms with Crippen LogP contribution in [0.4, 0.5) is 0 Å². The average Bonchev–Trinajstić information content (AvgIpc) is 2.15.